The van der Waals surface area contributed by atoms with Crippen molar-refractivity contribution in [3.63, 3.8) is 0 Å². The number of aryl methyl sites for hydroxylation is 3. The third-order valence-corrected chi connectivity index (χ3v) is 4.47. The number of hydrogen-bond donors (Lipinski definition) is 0. The Balaban J connectivity index is 1.94. The number of ether oxygens (including phenoxy) is 2. The SMILES string of the molecule is COC(=O)CCc1cc2c(C)cc(=O)oc2cc1OCc1ccc(C)cc1. The summed E-state index contributed by atoms with van der Waals surface area (Å²) in [5, 5.41) is 0.831. The summed E-state index contributed by atoms with van der Waals surface area (Å²) >= 11 is 0. The first-order chi connectivity index (χ1) is 13.0. The van der Waals surface area contributed by atoms with E-state index in [9.17, 15) is 9.59 Å². The minimum atomic E-state index is -0.396. The molecule has 140 valence electrons. The molecular weight excluding hydrogens is 344 g/mol. The van der Waals surface area contributed by atoms with E-state index in [1.165, 1.54) is 18.7 Å². The Labute approximate surface area is 157 Å². The number of carbonyl (C=O) groups is 1. The number of fused-ring (bicyclic) bond motifs is 1. The fourth-order valence-corrected chi connectivity index (χ4v) is 2.90. The van der Waals surface area contributed by atoms with Crippen LogP contribution >= 0.6 is 0 Å². The van der Waals surface area contributed by atoms with Crippen molar-refractivity contribution in [3.05, 3.63) is 75.1 Å². The maximum absolute atomic E-state index is 11.7. The van der Waals surface area contributed by atoms with E-state index in [0.29, 0.717) is 24.4 Å². The number of rotatable bonds is 6. The van der Waals surface area contributed by atoms with Crippen LogP contribution in [-0.2, 0) is 22.6 Å². The van der Waals surface area contributed by atoms with Gasteiger partial charge >= 0.3 is 11.6 Å². The Morgan fingerprint density at radius 3 is 2.52 bits per heavy atom. The molecule has 1 heterocycles. The van der Waals surface area contributed by atoms with Crippen LogP contribution in [0.2, 0.25) is 0 Å². The molecule has 0 fully saturated rings. The predicted octanol–water partition coefficient (Wildman–Crippen LogP) is 4.09. The summed E-state index contributed by atoms with van der Waals surface area (Å²) in [6.45, 7) is 4.27. The van der Waals surface area contributed by atoms with E-state index in [1.54, 1.807) is 6.07 Å². The average molecular weight is 366 g/mol. The molecule has 0 spiro atoms. The highest BCUT2D eigenvalue weighted by Gasteiger charge is 2.13. The molecule has 27 heavy (non-hydrogen) atoms. The monoisotopic (exact) mass is 366 g/mol. The first kappa shape index (κ1) is 18.7. The Hall–Kier alpha value is -3.08. The lowest BCUT2D eigenvalue weighted by molar-refractivity contribution is -0.140. The molecule has 1 aromatic heterocycles. The van der Waals surface area contributed by atoms with Gasteiger partial charge in [-0.25, -0.2) is 4.79 Å². The van der Waals surface area contributed by atoms with E-state index in [1.807, 2.05) is 44.2 Å². The van der Waals surface area contributed by atoms with Crippen molar-refractivity contribution in [1.29, 1.82) is 0 Å². The van der Waals surface area contributed by atoms with Gasteiger partial charge in [-0.3, -0.25) is 4.79 Å². The lowest BCUT2D eigenvalue weighted by Gasteiger charge is -2.13. The zero-order chi connectivity index (χ0) is 19.4. The molecule has 0 atom stereocenters. The van der Waals surface area contributed by atoms with E-state index in [4.69, 9.17) is 13.9 Å². The number of carbonyl (C=O) groups excluding carboxylic acids is 1. The highest BCUT2D eigenvalue weighted by Crippen LogP contribution is 2.29. The molecule has 0 aliphatic heterocycles. The summed E-state index contributed by atoms with van der Waals surface area (Å²) in [6.07, 6.45) is 0.725. The fraction of sp³-hybridized carbons (Fsp3) is 0.273. The number of benzene rings is 2. The van der Waals surface area contributed by atoms with Gasteiger partial charge in [0.2, 0.25) is 0 Å². The quantitative estimate of drug-likeness (QED) is 0.485. The molecule has 5 nitrogen and oxygen atoms in total. The molecule has 0 N–H and O–H groups in total. The maximum Gasteiger partial charge on any atom is 0.336 e. The molecule has 0 radical (unpaired) electrons. The molecule has 0 aliphatic rings. The number of hydrogen-bond acceptors (Lipinski definition) is 5. The molecular formula is C22H22O5. The van der Waals surface area contributed by atoms with Crippen molar-refractivity contribution in [1.82, 2.24) is 0 Å². The average Bonchev–Trinajstić information content (AvgIpc) is 2.65. The van der Waals surface area contributed by atoms with E-state index < -0.39 is 5.63 Å². The van der Waals surface area contributed by atoms with Crippen LogP contribution in [-0.4, -0.2) is 13.1 Å². The van der Waals surface area contributed by atoms with Gasteiger partial charge in [0.05, 0.1) is 7.11 Å². The molecule has 0 unspecified atom stereocenters. The van der Waals surface area contributed by atoms with Gasteiger partial charge in [-0.2, -0.15) is 0 Å². The summed E-state index contributed by atoms with van der Waals surface area (Å²) in [6, 6.07) is 13.2. The predicted molar refractivity (Wildman–Crippen MR) is 103 cm³/mol. The molecule has 3 rings (SSSR count). The second-order valence-electron chi connectivity index (χ2n) is 6.55. The van der Waals surface area contributed by atoms with Crippen molar-refractivity contribution in [3.8, 4) is 5.75 Å². The van der Waals surface area contributed by atoms with Gasteiger partial charge < -0.3 is 13.9 Å². The maximum atomic E-state index is 11.7. The second-order valence-corrected chi connectivity index (χ2v) is 6.55. The molecule has 0 saturated carbocycles. The molecule has 2 aromatic carbocycles. The Kier molecular flexibility index (Phi) is 5.60. The van der Waals surface area contributed by atoms with Gasteiger partial charge in [-0.15, -0.1) is 0 Å². The van der Waals surface area contributed by atoms with Gasteiger partial charge in [0.25, 0.3) is 0 Å². The lowest BCUT2D eigenvalue weighted by atomic mass is 10.0. The van der Waals surface area contributed by atoms with Crippen LogP contribution in [0, 0.1) is 13.8 Å². The third-order valence-electron chi connectivity index (χ3n) is 4.47. The van der Waals surface area contributed by atoms with Crippen LogP contribution in [0.5, 0.6) is 5.75 Å². The molecule has 5 heteroatoms. The van der Waals surface area contributed by atoms with Gasteiger partial charge in [0.1, 0.15) is 17.9 Å². The third kappa shape index (κ3) is 4.56. The van der Waals surface area contributed by atoms with Gasteiger partial charge in [0.15, 0.2) is 0 Å². The zero-order valence-electron chi connectivity index (χ0n) is 15.7. The lowest BCUT2D eigenvalue weighted by Crippen LogP contribution is -2.05. The highest BCUT2D eigenvalue weighted by molar-refractivity contribution is 5.83. The summed E-state index contributed by atoms with van der Waals surface area (Å²) in [5.41, 5.74) is 3.99. The van der Waals surface area contributed by atoms with Crippen LogP contribution in [0.4, 0.5) is 0 Å². The van der Waals surface area contributed by atoms with Gasteiger partial charge in [-0.1, -0.05) is 29.8 Å². The van der Waals surface area contributed by atoms with E-state index in [2.05, 4.69) is 0 Å². The molecule has 3 aromatic rings. The normalized spacial score (nSPS) is 10.8. The molecule has 0 saturated heterocycles. The van der Waals surface area contributed by atoms with E-state index in [-0.39, 0.29) is 12.4 Å². The number of methoxy groups -OCH3 is 1. The Morgan fingerprint density at radius 1 is 1.07 bits per heavy atom. The Morgan fingerprint density at radius 2 is 1.81 bits per heavy atom. The first-order valence-corrected chi connectivity index (χ1v) is 8.79. The van der Waals surface area contributed by atoms with Crippen molar-refractivity contribution >= 4 is 16.9 Å². The van der Waals surface area contributed by atoms with Crippen molar-refractivity contribution < 1.29 is 18.7 Å². The minimum Gasteiger partial charge on any atom is -0.488 e. The number of esters is 1. The second kappa shape index (κ2) is 8.08. The van der Waals surface area contributed by atoms with Crippen molar-refractivity contribution in [2.75, 3.05) is 7.11 Å². The fourth-order valence-electron chi connectivity index (χ4n) is 2.90. The largest absolute Gasteiger partial charge is 0.488 e. The molecule has 0 bridgehead atoms. The standard InChI is InChI=1S/C22H22O5/c1-14-4-6-16(7-5-14)13-26-19-12-20-18(15(2)10-22(24)27-20)11-17(19)8-9-21(23)25-3/h4-7,10-12H,8-9,13H2,1-3H3. The van der Waals surface area contributed by atoms with Crippen LogP contribution in [0.3, 0.4) is 0 Å². The molecule has 0 amide bonds. The van der Waals surface area contributed by atoms with Gasteiger partial charge in [-0.05, 0) is 43.0 Å². The highest BCUT2D eigenvalue weighted by atomic mass is 16.5. The molecule has 0 aliphatic carbocycles. The van der Waals surface area contributed by atoms with E-state index >= 15 is 0 Å². The smallest absolute Gasteiger partial charge is 0.336 e. The van der Waals surface area contributed by atoms with Crippen LogP contribution in [0.1, 0.15) is 28.7 Å². The zero-order valence-corrected chi connectivity index (χ0v) is 15.7. The Bertz CT molecular complexity index is 1020. The minimum absolute atomic E-state index is 0.249. The van der Waals surface area contributed by atoms with E-state index in [0.717, 1.165) is 22.1 Å². The van der Waals surface area contributed by atoms with Crippen molar-refractivity contribution in [2.45, 2.75) is 33.3 Å². The van der Waals surface area contributed by atoms with Crippen LogP contribution in [0.15, 0.2) is 51.7 Å². The first-order valence-electron chi connectivity index (χ1n) is 8.79. The summed E-state index contributed by atoms with van der Waals surface area (Å²) < 4.78 is 16.1. The topological polar surface area (TPSA) is 65.7 Å². The summed E-state index contributed by atoms with van der Waals surface area (Å²) in [4.78, 5) is 23.3. The van der Waals surface area contributed by atoms with Crippen LogP contribution in [0.25, 0.3) is 11.0 Å². The van der Waals surface area contributed by atoms with Crippen molar-refractivity contribution in [2.24, 2.45) is 0 Å². The van der Waals surface area contributed by atoms with Crippen LogP contribution < -0.4 is 10.4 Å². The summed E-state index contributed by atoms with van der Waals surface area (Å²) in [7, 11) is 1.37. The summed E-state index contributed by atoms with van der Waals surface area (Å²) in [5.74, 6) is 0.316. The van der Waals surface area contributed by atoms with Gasteiger partial charge in [0, 0.05) is 23.9 Å².